The van der Waals surface area contributed by atoms with Gasteiger partial charge in [-0.25, -0.2) is 0 Å². The number of anilines is 1. The van der Waals surface area contributed by atoms with Crippen molar-refractivity contribution >= 4 is 28.5 Å². The lowest BCUT2D eigenvalue weighted by atomic mass is 10.1. The quantitative estimate of drug-likeness (QED) is 0.771. The molecular formula is C21H22N2O3. The summed E-state index contributed by atoms with van der Waals surface area (Å²) in [6.45, 7) is 5.88. The highest BCUT2D eigenvalue weighted by Gasteiger charge is 2.19. The van der Waals surface area contributed by atoms with Crippen LogP contribution in [0.5, 0.6) is 0 Å². The Morgan fingerprint density at radius 1 is 1.04 bits per heavy atom. The first-order valence-corrected chi connectivity index (χ1v) is 8.47. The maximum atomic E-state index is 12.5. The Hall–Kier alpha value is -3.08. The van der Waals surface area contributed by atoms with Crippen molar-refractivity contribution in [2.75, 3.05) is 18.9 Å². The summed E-state index contributed by atoms with van der Waals surface area (Å²) >= 11 is 0. The number of aryl methyl sites for hydroxylation is 3. The molecule has 0 spiro atoms. The number of furan rings is 1. The van der Waals surface area contributed by atoms with Crippen LogP contribution in [0.4, 0.5) is 5.69 Å². The lowest BCUT2D eigenvalue weighted by Crippen LogP contribution is -2.35. The molecule has 2 aromatic carbocycles. The third-order valence-corrected chi connectivity index (χ3v) is 4.31. The van der Waals surface area contributed by atoms with E-state index in [4.69, 9.17) is 4.42 Å². The zero-order chi connectivity index (χ0) is 18.8. The van der Waals surface area contributed by atoms with Gasteiger partial charge in [-0.05, 0) is 44.0 Å². The van der Waals surface area contributed by atoms with Crippen LogP contribution in [0.3, 0.4) is 0 Å². The highest BCUT2D eigenvalue weighted by atomic mass is 16.3. The normalized spacial score (nSPS) is 10.8. The van der Waals surface area contributed by atoms with Gasteiger partial charge in [0, 0.05) is 18.1 Å². The van der Waals surface area contributed by atoms with Crippen LogP contribution in [0, 0.1) is 20.8 Å². The molecule has 0 saturated heterocycles. The fourth-order valence-corrected chi connectivity index (χ4v) is 3.12. The number of carbonyl (C=O) groups is 2. The van der Waals surface area contributed by atoms with Crippen LogP contribution in [-0.2, 0) is 4.79 Å². The lowest BCUT2D eigenvalue weighted by Gasteiger charge is -2.17. The molecule has 5 heteroatoms. The second kappa shape index (κ2) is 7.04. The van der Waals surface area contributed by atoms with E-state index < -0.39 is 0 Å². The largest absolute Gasteiger partial charge is 0.451 e. The van der Waals surface area contributed by atoms with E-state index in [0.717, 1.165) is 27.8 Å². The maximum Gasteiger partial charge on any atom is 0.289 e. The van der Waals surface area contributed by atoms with Gasteiger partial charge in [-0.2, -0.15) is 0 Å². The SMILES string of the molecule is Cc1cc(C)c(NC(=O)CN(C)C(=O)c2cc3ccccc3o2)c(C)c1. The van der Waals surface area contributed by atoms with Crippen LogP contribution < -0.4 is 5.32 Å². The Labute approximate surface area is 152 Å². The molecule has 0 atom stereocenters. The van der Waals surface area contributed by atoms with Crippen molar-refractivity contribution < 1.29 is 14.0 Å². The van der Waals surface area contributed by atoms with E-state index >= 15 is 0 Å². The van der Waals surface area contributed by atoms with Crippen molar-refractivity contribution in [2.45, 2.75) is 20.8 Å². The molecule has 0 radical (unpaired) electrons. The van der Waals surface area contributed by atoms with Gasteiger partial charge in [0.15, 0.2) is 5.76 Å². The van der Waals surface area contributed by atoms with Crippen molar-refractivity contribution in [3.63, 3.8) is 0 Å². The highest BCUT2D eigenvalue weighted by Crippen LogP contribution is 2.22. The minimum absolute atomic E-state index is 0.0529. The third kappa shape index (κ3) is 3.61. The zero-order valence-electron chi connectivity index (χ0n) is 15.4. The summed E-state index contributed by atoms with van der Waals surface area (Å²) in [5.41, 5.74) is 4.60. The molecular weight excluding hydrogens is 328 g/mol. The van der Waals surface area contributed by atoms with Crippen LogP contribution in [0.1, 0.15) is 27.2 Å². The van der Waals surface area contributed by atoms with Gasteiger partial charge >= 0.3 is 0 Å². The molecule has 3 rings (SSSR count). The Morgan fingerprint density at radius 2 is 1.69 bits per heavy atom. The van der Waals surface area contributed by atoms with Gasteiger partial charge in [-0.15, -0.1) is 0 Å². The maximum absolute atomic E-state index is 12.5. The number of fused-ring (bicyclic) bond motifs is 1. The molecule has 0 unspecified atom stereocenters. The number of benzene rings is 2. The van der Waals surface area contributed by atoms with Crippen molar-refractivity contribution in [3.05, 3.63) is 64.9 Å². The van der Waals surface area contributed by atoms with Gasteiger partial charge in [0.25, 0.3) is 5.91 Å². The summed E-state index contributed by atoms with van der Waals surface area (Å²) < 4.78 is 5.58. The van der Waals surface area contributed by atoms with Gasteiger partial charge in [-0.1, -0.05) is 35.9 Å². The van der Waals surface area contributed by atoms with E-state index in [-0.39, 0.29) is 24.1 Å². The van der Waals surface area contributed by atoms with Crippen LogP contribution in [0.25, 0.3) is 11.0 Å². The Balaban J connectivity index is 1.70. The molecule has 2 amide bonds. The molecule has 1 N–H and O–H groups in total. The van der Waals surface area contributed by atoms with Gasteiger partial charge < -0.3 is 14.6 Å². The average Bonchev–Trinajstić information content (AvgIpc) is 3.01. The fraction of sp³-hybridized carbons (Fsp3) is 0.238. The summed E-state index contributed by atoms with van der Waals surface area (Å²) in [5, 5.41) is 3.77. The van der Waals surface area contributed by atoms with Gasteiger partial charge in [0.1, 0.15) is 5.58 Å². The predicted molar refractivity (Wildman–Crippen MR) is 102 cm³/mol. The van der Waals surface area contributed by atoms with Gasteiger partial charge in [0.05, 0.1) is 6.54 Å². The monoisotopic (exact) mass is 350 g/mol. The number of likely N-dealkylation sites (N-methyl/N-ethyl adjacent to an activating group) is 1. The zero-order valence-corrected chi connectivity index (χ0v) is 15.4. The highest BCUT2D eigenvalue weighted by molar-refractivity contribution is 6.00. The summed E-state index contributed by atoms with van der Waals surface area (Å²) in [4.78, 5) is 26.3. The molecule has 0 bridgehead atoms. The summed E-state index contributed by atoms with van der Waals surface area (Å²) in [5.74, 6) is -0.343. The van der Waals surface area contributed by atoms with Crippen molar-refractivity contribution in [1.29, 1.82) is 0 Å². The van der Waals surface area contributed by atoms with Crippen LogP contribution in [0.15, 0.2) is 46.9 Å². The first kappa shape index (κ1) is 17.7. The molecule has 0 fully saturated rings. The smallest absolute Gasteiger partial charge is 0.289 e. The van der Waals surface area contributed by atoms with E-state index in [9.17, 15) is 9.59 Å². The van der Waals surface area contributed by atoms with Crippen molar-refractivity contribution in [1.82, 2.24) is 4.90 Å². The number of hydrogen-bond acceptors (Lipinski definition) is 3. The molecule has 26 heavy (non-hydrogen) atoms. The Kier molecular flexibility index (Phi) is 4.80. The Morgan fingerprint density at radius 3 is 2.35 bits per heavy atom. The summed E-state index contributed by atoms with van der Waals surface area (Å²) in [6, 6.07) is 13.2. The second-order valence-corrected chi connectivity index (χ2v) is 6.63. The molecule has 0 aliphatic carbocycles. The van der Waals surface area contributed by atoms with E-state index in [2.05, 4.69) is 5.32 Å². The molecule has 134 valence electrons. The molecule has 3 aromatic rings. The second-order valence-electron chi connectivity index (χ2n) is 6.63. The van der Waals surface area contributed by atoms with E-state index in [0.29, 0.717) is 5.58 Å². The predicted octanol–water partition coefficient (Wildman–Crippen LogP) is 4.07. The fourth-order valence-electron chi connectivity index (χ4n) is 3.12. The van der Waals surface area contributed by atoms with E-state index in [1.165, 1.54) is 4.90 Å². The van der Waals surface area contributed by atoms with Crippen LogP contribution in [0.2, 0.25) is 0 Å². The number of amides is 2. The van der Waals surface area contributed by atoms with Crippen LogP contribution >= 0.6 is 0 Å². The minimum atomic E-state index is -0.325. The summed E-state index contributed by atoms with van der Waals surface area (Å²) in [7, 11) is 1.59. The number of rotatable bonds is 4. The molecule has 0 aliphatic heterocycles. The Bertz CT molecular complexity index is 932. The molecule has 5 nitrogen and oxygen atoms in total. The molecule has 0 saturated carbocycles. The topological polar surface area (TPSA) is 62.6 Å². The van der Waals surface area contributed by atoms with Gasteiger partial charge in [-0.3, -0.25) is 9.59 Å². The number of nitrogens with zero attached hydrogens (tertiary/aromatic N) is 1. The first-order chi connectivity index (χ1) is 12.3. The number of carbonyl (C=O) groups excluding carboxylic acids is 2. The van der Waals surface area contributed by atoms with Gasteiger partial charge in [0.2, 0.25) is 5.91 Å². The average molecular weight is 350 g/mol. The number of para-hydroxylation sites is 1. The minimum Gasteiger partial charge on any atom is -0.451 e. The molecule has 0 aliphatic rings. The number of nitrogens with one attached hydrogen (secondary N) is 1. The number of hydrogen-bond donors (Lipinski definition) is 1. The van der Waals surface area contributed by atoms with E-state index in [1.54, 1.807) is 13.1 Å². The standard InChI is InChI=1S/C21H22N2O3/c1-13-9-14(2)20(15(3)10-13)22-19(24)12-23(4)21(25)18-11-16-7-5-6-8-17(16)26-18/h5-11H,12H2,1-4H3,(H,22,24). The lowest BCUT2D eigenvalue weighted by molar-refractivity contribution is -0.116. The van der Waals surface area contributed by atoms with Crippen molar-refractivity contribution in [3.8, 4) is 0 Å². The third-order valence-electron chi connectivity index (χ3n) is 4.31. The van der Waals surface area contributed by atoms with Crippen molar-refractivity contribution in [2.24, 2.45) is 0 Å². The summed E-state index contributed by atoms with van der Waals surface area (Å²) in [6.07, 6.45) is 0. The van der Waals surface area contributed by atoms with Crippen LogP contribution in [-0.4, -0.2) is 30.3 Å². The first-order valence-electron chi connectivity index (χ1n) is 8.47. The van der Waals surface area contributed by atoms with E-state index in [1.807, 2.05) is 57.2 Å². The molecule has 1 heterocycles. The molecule has 1 aromatic heterocycles.